The summed E-state index contributed by atoms with van der Waals surface area (Å²) in [6.45, 7) is 6.34. The molecule has 1 saturated carbocycles. The Balaban J connectivity index is 2.08. The molecule has 3 heteroatoms. The van der Waals surface area contributed by atoms with Crippen molar-refractivity contribution < 1.29 is 9.59 Å². The van der Waals surface area contributed by atoms with Crippen molar-refractivity contribution in [1.29, 1.82) is 0 Å². The second-order valence-electron chi connectivity index (χ2n) is 5.90. The summed E-state index contributed by atoms with van der Waals surface area (Å²) in [5.74, 6) is -0.927. The van der Waals surface area contributed by atoms with Crippen LogP contribution in [0.4, 0.5) is 0 Å². The normalized spacial score (nSPS) is 15.3. The Hall–Kier alpha value is -1.64. The highest BCUT2D eigenvalue weighted by molar-refractivity contribution is 6.42. The third-order valence-corrected chi connectivity index (χ3v) is 3.13. The molecule has 2 rings (SSSR count). The largest absolute Gasteiger partial charge is 0.346 e. The van der Waals surface area contributed by atoms with Crippen molar-refractivity contribution in [2.24, 2.45) is 0 Å². The molecule has 1 aromatic carbocycles. The molecule has 0 unspecified atom stereocenters. The minimum atomic E-state index is -0.485. The van der Waals surface area contributed by atoms with Crippen LogP contribution in [0.2, 0.25) is 0 Å². The molecule has 0 bridgehead atoms. The van der Waals surface area contributed by atoms with E-state index >= 15 is 0 Å². The lowest BCUT2D eigenvalue weighted by Gasteiger charge is -2.18. The standard InChI is InChI=1S/C15H19NO2/c1-15(2,3)11-6-4-10(5-7-11)13(17)14(18)16-12-8-9-12/h4-7,12H,8-9H2,1-3H3,(H,16,18). The number of nitrogens with one attached hydrogen (secondary N) is 1. The fourth-order valence-corrected chi connectivity index (χ4v) is 1.73. The van der Waals surface area contributed by atoms with Crippen LogP contribution in [-0.4, -0.2) is 17.7 Å². The second-order valence-corrected chi connectivity index (χ2v) is 5.90. The van der Waals surface area contributed by atoms with E-state index in [0.717, 1.165) is 18.4 Å². The monoisotopic (exact) mass is 245 g/mol. The Bertz CT molecular complexity index is 464. The van der Waals surface area contributed by atoms with Gasteiger partial charge in [-0.3, -0.25) is 9.59 Å². The molecule has 3 nitrogen and oxygen atoms in total. The fourth-order valence-electron chi connectivity index (χ4n) is 1.73. The molecule has 0 aromatic heterocycles. The van der Waals surface area contributed by atoms with Gasteiger partial charge in [-0.1, -0.05) is 45.0 Å². The number of benzene rings is 1. The summed E-state index contributed by atoms with van der Waals surface area (Å²) in [5, 5.41) is 2.71. The van der Waals surface area contributed by atoms with E-state index in [1.807, 2.05) is 12.1 Å². The van der Waals surface area contributed by atoms with Gasteiger partial charge in [0.05, 0.1) is 0 Å². The molecule has 1 amide bonds. The number of rotatable bonds is 3. The van der Waals surface area contributed by atoms with Gasteiger partial charge in [-0.25, -0.2) is 0 Å². The lowest BCUT2D eigenvalue weighted by molar-refractivity contribution is -0.117. The van der Waals surface area contributed by atoms with Gasteiger partial charge < -0.3 is 5.32 Å². The van der Waals surface area contributed by atoms with Crippen molar-refractivity contribution in [3.05, 3.63) is 35.4 Å². The van der Waals surface area contributed by atoms with Crippen LogP contribution < -0.4 is 5.32 Å². The van der Waals surface area contributed by atoms with Crippen LogP contribution in [0.5, 0.6) is 0 Å². The molecule has 1 N–H and O–H groups in total. The summed E-state index contributed by atoms with van der Waals surface area (Å²) >= 11 is 0. The van der Waals surface area contributed by atoms with Gasteiger partial charge in [-0.05, 0) is 23.8 Å². The van der Waals surface area contributed by atoms with Crippen molar-refractivity contribution in [3.8, 4) is 0 Å². The molecular weight excluding hydrogens is 226 g/mol. The van der Waals surface area contributed by atoms with Crippen LogP contribution in [0.25, 0.3) is 0 Å². The number of carbonyl (C=O) groups is 2. The number of carbonyl (C=O) groups excluding carboxylic acids is 2. The SMILES string of the molecule is CC(C)(C)c1ccc(C(=O)C(=O)NC2CC2)cc1. The predicted octanol–water partition coefficient (Wildman–Crippen LogP) is 2.45. The highest BCUT2D eigenvalue weighted by Crippen LogP contribution is 2.22. The summed E-state index contributed by atoms with van der Waals surface area (Å²) < 4.78 is 0. The van der Waals surface area contributed by atoms with Crippen molar-refractivity contribution in [2.75, 3.05) is 0 Å². The molecule has 0 spiro atoms. The Morgan fingerprint density at radius 2 is 1.67 bits per heavy atom. The first-order valence-electron chi connectivity index (χ1n) is 6.33. The molecule has 0 radical (unpaired) electrons. The van der Waals surface area contributed by atoms with Crippen LogP contribution in [0.15, 0.2) is 24.3 Å². The maximum Gasteiger partial charge on any atom is 0.292 e. The first kappa shape index (κ1) is 12.8. The maximum atomic E-state index is 11.9. The van der Waals surface area contributed by atoms with E-state index in [1.54, 1.807) is 12.1 Å². The van der Waals surface area contributed by atoms with E-state index in [1.165, 1.54) is 0 Å². The minimum Gasteiger partial charge on any atom is -0.346 e. The lowest BCUT2D eigenvalue weighted by atomic mass is 9.86. The summed E-state index contributed by atoms with van der Waals surface area (Å²) in [5.41, 5.74) is 1.67. The molecule has 0 atom stereocenters. The summed E-state index contributed by atoms with van der Waals surface area (Å²) in [7, 11) is 0. The summed E-state index contributed by atoms with van der Waals surface area (Å²) in [6, 6.07) is 7.51. The Morgan fingerprint density at radius 3 is 2.11 bits per heavy atom. The first-order valence-corrected chi connectivity index (χ1v) is 6.33. The van der Waals surface area contributed by atoms with Crippen LogP contribution in [0.3, 0.4) is 0 Å². The van der Waals surface area contributed by atoms with E-state index in [9.17, 15) is 9.59 Å². The number of amides is 1. The molecule has 1 aliphatic rings. The number of hydrogen-bond donors (Lipinski definition) is 1. The first-order chi connectivity index (χ1) is 8.38. The molecule has 0 saturated heterocycles. The molecule has 96 valence electrons. The molecular formula is C15H19NO2. The van der Waals surface area contributed by atoms with E-state index in [2.05, 4.69) is 26.1 Å². The van der Waals surface area contributed by atoms with Crippen LogP contribution in [0.1, 0.15) is 49.5 Å². The molecule has 0 aliphatic heterocycles. The van der Waals surface area contributed by atoms with Gasteiger partial charge in [0.1, 0.15) is 0 Å². The van der Waals surface area contributed by atoms with E-state index in [4.69, 9.17) is 0 Å². The Morgan fingerprint density at radius 1 is 1.11 bits per heavy atom. The molecule has 0 heterocycles. The van der Waals surface area contributed by atoms with Crippen molar-refractivity contribution in [1.82, 2.24) is 5.32 Å². The van der Waals surface area contributed by atoms with Gasteiger partial charge in [0.25, 0.3) is 5.91 Å². The lowest BCUT2D eigenvalue weighted by Crippen LogP contribution is -2.32. The molecule has 1 aromatic rings. The zero-order valence-corrected chi connectivity index (χ0v) is 11.1. The van der Waals surface area contributed by atoms with Crippen molar-refractivity contribution in [2.45, 2.75) is 45.1 Å². The summed E-state index contributed by atoms with van der Waals surface area (Å²) in [4.78, 5) is 23.5. The van der Waals surface area contributed by atoms with Crippen molar-refractivity contribution >= 4 is 11.7 Å². The van der Waals surface area contributed by atoms with Crippen LogP contribution >= 0.6 is 0 Å². The average molecular weight is 245 g/mol. The van der Waals surface area contributed by atoms with Gasteiger partial charge in [0.15, 0.2) is 0 Å². The van der Waals surface area contributed by atoms with Gasteiger partial charge in [-0.2, -0.15) is 0 Å². The zero-order chi connectivity index (χ0) is 13.3. The van der Waals surface area contributed by atoms with E-state index in [-0.39, 0.29) is 11.5 Å². The highest BCUT2D eigenvalue weighted by Gasteiger charge is 2.27. The van der Waals surface area contributed by atoms with Gasteiger partial charge in [0, 0.05) is 11.6 Å². The summed E-state index contributed by atoms with van der Waals surface area (Å²) in [6.07, 6.45) is 1.98. The quantitative estimate of drug-likeness (QED) is 0.656. The third-order valence-electron chi connectivity index (χ3n) is 3.13. The van der Waals surface area contributed by atoms with Crippen LogP contribution in [0, 0.1) is 0 Å². The molecule has 1 aliphatic carbocycles. The third kappa shape index (κ3) is 2.97. The second kappa shape index (κ2) is 4.56. The Kier molecular flexibility index (Phi) is 3.24. The average Bonchev–Trinajstić information content (AvgIpc) is 3.11. The minimum absolute atomic E-state index is 0.0534. The topological polar surface area (TPSA) is 46.2 Å². The van der Waals surface area contributed by atoms with E-state index in [0.29, 0.717) is 5.56 Å². The van der Waals surface area contributed by atoms with Gasteiger partial charge in [0.2, 0.25) is 5.78 Å². The zero-order valence-electron chi connectivity index (χ0n) is 11.1. The smallest absolute Gasteiger partial charge is 0.292 e. The Labute approximate surface area is 108 Å². The van der Waals surface area contributed by atoms with Crippen LogP contribution in [-0.2, 0) is 10.2 Å². The molecule has 1 fully saturated rings. The maximum absolute atomic E-state index is 11.9. The van der Waals surface area contributed by atoms with E-state index < -0.39 is 11.7 Å². The number of Topliss-reactive ketones (excluding diaryl/α,β-unsaturated/α-hetero) is 1. The predicted molar refractivity (Wildman–Crippen MR) is 70.6 cm³/mol. The van der Waals surface area contributed by atoms with Gasteiger partial charge in [-0.15, -0.1) is 0 Å². The van der Waals surface area contributed by atoms with Crippen molar-refractivity contribution in [3.63, 3.8) is 0 Å². The highest BCUT2D eigenvalue weighted by atomic mass is 16.2. The molecule has 18 heavy (non-hydrogen) atoms. The van der Waals surface area contributed by atoms with Gasteiger partial charge >= 0.3 is 0 Å². The fraction of sp³-hybridized carbons (Fsp3) is 0.467. The number of hydrogen-bond acceptors (Lipinski definition) is 2. The number of ketones is 1.